The summed E-state index contributed by atoms with van der Waals surface area (Å²) in [6.07, 6.45) is 1.80. The fourth-order valence-corrected chi connectivity index (χ4v) is 5.29. The minimum absolute atomic E-state index is 0.0512. The molecule has 11 heteroatoms. The molecule has 0 saturated carbocycles. The van der Waals surface area contributed by atoms with Crippen LogP contribution in [0, 0.1) is 5.92 Å². The lowest BCUT2D eigenvalue weighted by atomic mass is 9.95. The summed E-state index contributed by atoms with van der Waals surface area (Å²) in [7, 11) is 4.61. The maximum absolute atomic E-state index is 13.7. The third-order valence-corrected chi connectivity index (χ3v) is 7.14. The molecule has 0 bridgehead atoms. The minimum atomic E-state index is -0.930. The molecule has 11 nitrogen and oxygen atoms in total. The molecule has 3 rings (SSSR count). The van der Waals surface area contributed by atoms with Crippen LogP contribution in [0.2, 0.25) is 0 Å². The number of carbonyl (C=O) groups excluding carboxylic acids is 2. The van der Waals surface area contributed by atoms with Gasteiger partial charge < -0.3 is 35.3 Å². The van der Waals surface area contributed by atoms with Gasteiger partial charge in [-0.05, 0) is 66.5 Å². The number of carboxylic acids is 1. The summed E-state index contributed by atoms with van der Waals surface area (Å²) >= 11 is 0. The van der Waals surface area contributed by atoms with E-state index in [1.54, 1.807) is 19.2 Å². The highest BCUT2D eigenvalue weighted by atomic mass is 16.5. The Morgan fingerprint density at radius 3 is 2.36 bits per heavy atom. The van der Waals surface area contributed by atoms with Crippen molar-refractivity contribution in [2.75, 3.05) is 33.2 Å². The second-order valence-corrected chi connectivity index (χ2v) is 10.7. The van der Waals surface area contributed by atoms with Crippen LogP contribution in [-0.2, 0) is 20.8 Å². The Balaban J connectivity index is 2.14. The first-order valence-electron chi connectivity index (χ1n) is 14.0. The Morgan fingerprint density at radius 1 is 1.05 bits per heavy atom. The number of benzene rings is 1. The number of ether oxygens (including phenoxy) is 3. The second-order valence-electron chi connectivity index (χ2n) is 10.7. The van der Waals surface area contributed by atoms with E-state index in [4.69, 9.17) is 19.3 Å². The van der Waals surface area contributed by atoms with E-state index in [9.17, 15) is 19.2 Å². The fraction of sp³-hybridized carbons (Fsp3) is 0.484. The van der Waals surface area contributed by atoms with Gasteiger partial charge in [0.1, 0.15) is 6.04 Å². The van der Waals surface area contributed by atoms with Gasteiger partial charge in [0.2, 0.25) is 23.0 Å². The first-order valence-corrected chi connectivity index (χ1v) is 14.0. The molecule has 0 heterocycles. The summed E-state index contributed by atoms with van der Waals surface area (Å²) < 4.78 is 17.0. The highest BCUT2D eigenvalue weighted by Gasteiger charge is 2.30. The third kappa shape index (κ3) is 7.71. The van der Waals surface area contributed by atoms with Gasteiger partial charge in [0, 0.05) is 25.5 Å². The van der Waals surface area contributed by atoms with Gasteiger partial charge in [0.15, 0.2) is 11.5 Å². The van der Waals surface area contributed by atoms with E-state index in [1.807, 2.05) is 19.9 Å². The van der Waals surface area contributed by atoms with Crippen molar-refractivity contribution >= 4 is 23.5 Å². The Morgan fingerprint density at radius 2 is 1.76 bits per heavy atom. The SMILES string of the molecule is COc1cc2c(c(OC)c1OC)-c1ccc(NC(CC(C)C)C(=O)NCCCC(=O)O)c(=O)cc1C(NC(C)=O)CC2. The van der Waals surface area contributed by atoms with Crippen molar-refractivity contribution < 1.29 is 33.7 Å². The van der Waals surface area contributed by atoms with E-state index >= 15 is 0 Å². The average Bonchev–Trinajstić information content (AvgIpc) is 3.17. The number of carboxylic acid groups (broad SMARTS) is 1. The topological polar surface area (TPSA) is 152 Å². The van der Waals surface area contributed by atoms with Crippen LogP contribution in [0.4, 0.5) is 5.69 Å². The molecular formula is C31H41N3O8. The van der Waals surface area contributed by atoms with E-state index in [-0.39, 0.29) is 41.8 Å². The predicted octanol–water partition coefficient (Wildman–Crippen LogP) is 3.67. The van der Waals surface area contributed by atoms with Crippen LogP contribution in [0.3, 0.4) is 0 Å². The van der Waals surface area contributed by atoms with Crippen LogP contribution in [-0.4, -0.2) is 56.8 Å². The lowest BCUT2D eigenvalue weighted by molar-refractivity contribution is -0.137. The number of carbonyl (C=O) groups is 3. The standard InChI is InChI=1S/C31H41N3O8/c1-17(2)14-24(31(39)32-13-7-8-27(37)38)34-23-12-10-20-21(16-25(23)36)22(33-18(3)35)11-9-19-15-26(40-4)29(41-5)30(42-6)28(19)20/h10,12,15-17,22,24H,7-9,11,13-14H2,1-6H3,(H,32,39)(H,33,35)(H,34,36)(H,37,38). The monoisotopic (exact) mass is 583 g/mol. The summed E-state index contributed by atoms with van der Waals surface area (Å²) in [5.74, 6) is 0.0227. The summed E-state index contributed by atoms with van der Waals surface area (Å²) in [6.45, 7) is 5.59. The zero-order valence-electron chi connectivity index (χ0n) is 25.1. The summed E-state index contributed by atoms with van der Waals surface area (Å²) in [5.41, 5.74) is 2.81. The zero-order valence-corrected chi connectivity index (χ0v) is 25.1. The van der Waals surface area contributed by atoms with Gasteiger partial charge in [-0.1, -0.05) is 19.9 Å². The molecule has 1 aliphatic rings. The van der Waals surface area contributed by atoms with Crippen molar-refractivity contribution in [2.24, 2.45) is 5.92 Å². The number of anilines is 1. The second kappa shape index (κ2) is 14.6. The van der Waals surface area contributed by atoms with Crippen molar-refractivity contribution in [2.45, 2.75) is 65.0 Å². The number of methoxy groups -OCH3 is 3. The molecule has 0 saturated heterocycles. The van der Waals surface area contributed by atoms with Gasteiger partial charge in [-0.15, -0.1) is 0 Å². The molecule has 2 aromatic carbocycles. The number of aliphatic carboxylic acids is 1. The Kier molecular flexibility index (Phi) is 11.2. The summed E-state index contributed by atoms with van der Waals surface area (Å²) in [5, 5.41) is 17.8. The largest absolute Gasteiger partial charge is 0.493 e. The van der Waals surface area contributed by atoms with Crippen LogP contribution < -0.4 is 35.6 Å². The van der Waals surface area contributed by atoms with Gasteiger partial charge >= 0.3 is 5.97 Å². The van der Waals surface area contributed by atoms with Gasteiger partial charge in [0.05, 0.1) is 33.1 Å². The molecule has 4 N–H and O–H groups in total. The van der Waals surface area contributed by atoms with Crippen LogP contribution in [0.25, 0.3) is 11.1 Å². The number of fused-ring (bicyclic) bond motifs is 3. The van der Waals surface area contributed by atoms with Crippen LogP contribution in [0.5, 0.6) is 17.2 Å². The molecular weight excluding hydrogens is 542 g/mol. The molecule has 0 fully saturated rings. The molecule has 228 valence electrons. The zero-order chi connectivity index (χ0) is 31.0. The number of aryl methyl sites for hydroxylation is 1. The number of nitrogens with one attached hydrogen (secondary N) is 3. The molecule has 1 aliphatic carbocycles. The first kappa shape index (κ1) is 32.2. The Bertz CT molecular complexity index is 1370. The first-order chi connectivity index (χ1) is 20.0. The van der Waals surface area contributed by atoms with Crippen LogP contribution in [0.15, 0.2) is 29.1 Å². The molecule has 0 radical (unpaired) electrons. The fourth-order valence-electron chi connectivity index (χ4n) is 5.29. The van der Waals surface area contributed by atoms with E-state index < -0.39 is 18.1 Å². The highest BCUT2D eigenvalue weighted by molar-refractivity contribution is 5.86. The Hall–Kier alpha value is -4.28. The maximum atomic E-state index is 13.7. The van der Waals surface area contributed by atoms with Gasteiger partial charge in [0.25, 0.3) is 0 Å². The van der Waals surface area contributed by atoms with Crippen LogP contribution in [0.1, 0.15) is 63.6 Å². The van der Waals surface area contributed by atoms with Crippen molar-refractivity contribution in [3.05, 3.63) is 45.6 Å². The molecule has 0 aromatic heterocycles. The third-order valence-electron chi connectivity index (χ3n) is 7.14. The van der Waals surface area contributed by atoms with Crippen molar-refractivity contribution in [1.82, 2.24) is 10.6 Å². The highest BCUT2D eigenvalue weighted by Crippen LogP contribution is 2.50. The summed E-state index contributed by atoms with van der Waals surface area (Å²) in [4.78, 5) is 49.7. The van der Waals surface area contributed by atoms with Crippen molar-refractivity contribution in [1.29, 1.82) is 0 Å². The maximum Gasteiger partial charge on any atom is 0.303 e. The number of hydrogen-bond donors (Lipinski definition) is 4. The molecule has 0 spiro atoms. The predicted molar refractivity (Wildman–Crippen MR) is 159 cm³/mol. The Labute approximate surface area is 245 Å². The molecule has 2 aromatic rings. The molecule has 2 unspecified atom stereocenters. The summed E-state index contributed by atoms with van der Waals surface area (Å²) in [6, 6.07) is 5.64. The molecule has 0 aliphatic heterocycles. The lowest BCUT2D eigenvalue weighted by Crippen LogP contribution is -2.41. The number of hydrogen-bond acceptors (Lipinski definition) is 8. The molecule has 2 amide bonds. The van der Waals surface area contributed by atoms with Crippen LogP contribution >= 0.6 is 0 Å². The average molecular weight is 584 g/mol. The minimum Gasteiger partial charge on any atom is -0.493 e. The number of rotatable bonds is 13. The van der Waals surface area contributed by atoms with E-state index in [2.05, 4.69) is 16.0 Å². The number of amides is 2. The van der Waals surface area contributed by atoms with E-state index in [0.29, 0.717) is 54.1 Å². The lowest BCUT2D eigenvalue weighted by Gasteiger charge is -2.20. The van der Waals surface area contributed by atoms with Gasteiger partial charge in [-0.3, -0.25) is 19.2 Å². The van der Waals surface area contributed by atoms with Gasteiger partial charge in [-0.2, -0.15) is 0 Å². The van der Waals surface area contributed by atoms with Gasteiger partial charge in [-0.25, -0.2) is 0 Å². The van der Waals surface area contributed by atoms with Crippen molar-refractivity contribution in [3.63, 3.8) is 0 Å². The quantitative estimate of drug-likeness (QED) is 0.259. The van der Waals surface area contributed by atoms with Crippen molar-refractivity contribution in [3.8, 4) is 28.4 Å². The normalized spacial score (nSPS) is 14.5. The van der Waals surface area contributed by atoms with E-state index in [1.165, 1.54) is 27.2 Å². The molecule has 42 heavy (non-hydrogen) atoms. The smallest absolute Gasteiger partial charge is 0.303 e. The molecule has 2 atom stereocenters. The van der Waals surface area contributed by atoms with E-state index in [0.717, 1.165) is 11.1 Å².